The van der Waals surface area contributed by atoms with Gasteiger partial charge in [0.1, 0.15) is 28.9 Å². The Morgan fingerprint density at radius 3 is 2.37 bits per heavy atom. The third kappa shape index (κ3) is 10.0. The highest BCUT2D eigenvalue weighted by atomic mass is 16.7. The molecule has 332 valence electrons. The Morgan fingerprint density at radius 1 is 0.968 bits per heavy atom. The molecule has 12 heteroatoms. The van der Waals surface area contributed by atoms with Gasteiger partial charge in [-0.25, -0.2) is 0 Å². The lowest BCUT2D eigenvalue weighted by atomic mass is 9.55. The standard InChI is InChI=1S/C51H59N3O9/c1-6-29-60-51-46(53(5)47(57)26-19-34-17-21-38(22-18-34)54(58)59)33-44(52-63-50(2,3)4)42-31-37(15-9-11-27-55)41(16-10-12-28-56)48(49(42)51)43-32-40(24-25-45(43)62-51)61-39-23-20-35-13-7-8-14-36(35)30-39/h6-8,13-14,17-26,30-32,37,41,46,48-49,55-56H,1,9-12,15-16,27-29,33H2,2-5H3/t37-,41+,46-,48+,49+,51+/m0/s1. The van der Waals surface area contributed by atoms with Gasteiger partial charge >= 0.3 is 0 Å². The van der Waals surface area contributed by atoms with Crippen molar-refractivity contribution in [1.29, 1.82) is 0 Å². The number of likely N-dealkylation sites (N-methyl/N-ethyl adjacent to an activating group) is 1. The Hall–Kier alpha value is -5.82. The van der Waals surface area contributed by atoms with Crippen LogP contribution >= 0.6 is 0 Å². The van der Waals surface area contributed by atoms with Gasteiger partial charge < -0.3 is 34.2 Å². The molecule has 7 rings (SSSR count). The molecule has 2 aliphatic carbocycles. The van der Waals surface area contributed by atoms with E-state index in [1.165, 1.54) is 18.2 Å². The van der Waals surface area contributed by atoms with E-state index in [2.05, 4.69) is 30.9 Å². The molecule has 1 amide bonds. The number of fused-ring (bicyclic) bond motifs is 3. The zero-order valence-corrected chi connectivity index (χ0v) is 36.7. The molecule has 0 bridgehead atoms. The lowest BCUT2D eigenvalue weighted by molar-refractivity contribution is -0.384. The fourth-order valence-corrected chi connectivity index (χ4v) is 9.50. The van der Waals surface area contributed by atoms with E-state index < -0.39 is 28.3 Å². The first-order valence-electron chi connectivity index (χ1n) is 22.0. The normalized spacial score (nSPS) is 23.4. The Bertz CT molecular complexity index is 2370. The summed E-state index contributed by atoms with van der Waals surface area (Å²) in [6.45, 7) is 10.1. The summed E-state index contributed by atoms with van der Waals surface area (Å²) in [5.74, 6) is -0.375. The first-order chi connectivity index (χ1) is 30.3. The van der Waals surface area contributed by atoms with Crippen molar-refractivity contribution in [2.24, 2.45) is 22.9 Å². The van der Waals surface area contributed by atoms with Crippen LogP contribution < -0.4 is 9.47 Å². The molecule has 0 aromatic heterocycles. The van der Waals surface area contributed by atoms with Crippen LogP contribution in [-0.4, -0.2) is 76.0 Å². The van der Waals surface area contributed by atoms with Crippen LogP contribution in [0.25, 0.3) is 16.8 Å². The summed E-state index contributed by atoms with van der Waals surface area (Å²) < 4.78 is 20.9. The Morgan fingerprint density at radius 2 is 1.67 bits per heavy atom. The van der Waals surface area contributed by atoms with Crippen LogP contribution in [0.5, 0.6) is 17.2 Å². The van der Waals surface area contributed by atoms with Crippen LogP contribution in [0.1, 0.15) is 82.8 Å². The van der Waals surface area contributed by atoms with Gasteiger partial charge in [0.25, 0.3) is 5.69 Å². The molecule has 0 unspecified atom stereocenters. The Kier molecular flexibility index (Phi) is 14.1. The minimum atomic E-state index is -1.42. The third-order valence-corrected chi connectivity index (χ3v) is 12.4. The lowest BCUT2D eigenvalue weighted by Gasteiger charge is -2.59. The average molecular weight is 858 g/mol. The van der Waals surface area contributed by atoms with Crippen LogP contribution in [0.4, 0.5) is 5.69 Å². The van der Waals surface area contributed by atoms with Crippen molar-refractivity contribution in [2.45, 2.75) is 89.1 Å². The van der Waals surface area contributed by atoms with Crippen LogP contribution in [-0.2, 0) is 14.4 Å². The number of carbonyl (C=O) groups excluding carboxylic acids is 1. The smallest absolute Gasteiger partial charge is 0.269 e. The maximum atomic E-state index is 14.4. The molecule has 1 aliphatic heterocycles. The van der Waals surface area contributed by atoms with Crippen molar-refractivity contribution < 1.29 is 39.0 Å². The maximum absolute atomic E-state index is 14.4. The number of nitro groups is 1. The van der Waals surface area contributed by atoms with Gasteiger partial charge in [-0.2, -0.15) is 0 Å². The first-order valence-corrected chi connectivity index (χ1v) is 22.0. The van der Waals surface area contributed by atoms with Crippen molar-refractivity contribution in [1.82, 2.24) is 4.90 Å². The number of carbonyl (C=O) groups is 1. The van der Waals surface area contributed by atoms with E-state index in [9.17, 15) is 25.1 Å². The molecule has 1 heterocycles. The number of benzene rings is 4. The number of hydrogen-bond acceptors (Lipinski definition) is 10. The molecule has 4 aromatic rings. The summed E-state index contributed by atoms with van der Waals surface area (Å²) in [6.07, 6.45) is 11.9. The fraction of sp³-hybridized carbons (Fsp3) is 0.412. The number of allylic oxidation sites excluding steroid dienone is 1. The van der Waals surface area contributed by atoms with Crippen LogP contribution in [0.15, 0.2) is 120 Å². The summed E-state index contributed by atoms with van der Waals surface area (Å²) in [7, 11) is 1.73. The van der Waals surface area contributed by atoms with Gasteiger partial charge in [-0.3, -0.25) is 14.9 Å². The molecule has 6 atom stereocenters. The van der Waals surface area contributed by atoms with E-state index in [1.54, 1.807) is 36.2 Å². The number of rotatable bonds is 18. The minimum Gasteiger partial charge on any atom is -0.459 e. The minimum absolute atomic E-state index is 0.0401. The van der Waals surface area contributed by atoms with Crippen LogP contribution in [0.2, 0.25) is 0 Å². The molecule has 12 nitrogen and oxygen atoms in total. The van der Waals surface area contributed by atoms with Gasteiger partial charge in [-0.1, -0.05) is 60.5 Å². The van der Waals surface area contributed by atoms with Gasteiger partial charge in [-0.05, 0) is 129 Å². The van der Waals surface area contributed by atoms with Gasteiger partial charge in [0.2, 0.25) is 11.7 Å². The van der Waals surface area contributed by atoms with Crippen molar-refractivity contribution in [3.63, 3.8) is 0 Å². The lowest BCUT2D eigenvalue weighted by Crippen LogP contribution is -2.69. The van der Waals surface area contributed by atoms with Gasteiger partial charge in [0.05, 0.1) is 23.2 Å². The highest BCUT2D eigenvalue weighted by Gasteiger charge is 2.65. The quantitative estimate of drug-likeness (QED) is 0.0327. The van der Waals surface area contributed by atoms with Crippen molar-refractivity contribution in [3.05, 3.63) is 137 Å². The molecule has 3 aliphatic rings. The number of nitro benzene ring substituents is 1. The second-order valence-electron chi connectivity index (χ2n) is 17.7. The predicted octanol–water partition coefficient (Wildman–Crippen LogP) is 10.1. The second-order valence-corrected chi connectivity index (χ2v) is 17.7. The molecule has 1 fully saturated rings. The van der Waals surface area contributed by atoms with E-state index in [1.807, 2.05) is 63.2 Å². The molecule has 0 saturated heterocycles. The molecule has 63 heavy (non-hydrogen) atoms. The molecule has 1 saturated carbocycles. The second kappa shape index (κ2) is 19.7. The largest absolute Gasteiger partial charge is 0.459 e. The summed E-state index contributed by atoms with van der Waals surface area (Å²) in [6, 6.07) is 25.4. The van der Waals surface area contributed by atoms with Crippen LogP contribution in [0, 0.1) is 27.9 Å². The molecule has 0 spiro atoms. The summed E-state index contributed by atoms with van der Waals surface area (Å²) in [5.41, 5.74) is 2.56. The third-order valence-electron chi connectivity index (χ3n) is 12.4. The molecule has 2 N–H and O–H groups in total. The van der Waals surface area contributed by atoms with E-state index in [0.29, 0.717) is 41.4 Å². The Balaban J connectivity index is 1.39. The Labute approximate surface area is 369 Å². The van der Waals surface area contributed by atoms with Gasteiger partial charge in [0, 0.05) is 56.4 Å². The number of nitrogens with zero attached hydrogens (tertiary/aromatic N) is 3. The monoisotopic (exact) mass is 857 g/mol. The fourth-order valence-electron chi connectivity index (χ4n) is 9.50. The average Bonchev–Trinajstić information content (AvgIpc) is 3.27. The topological polar surface area (TPSA) is 153 Å². The molecular weight excluding hydrogens is 799 g/mol. The summed E-state index contributed by atoms with van der Waals surface area (Å²) in [4.78, 5) is 33.1. The van der Waals surface area contributed by atoms with Gasteiger partial charge in [0.15, 0.2) is 0 Å². The van der Waals surface area contributed by atoms with E-state index in [-0.39, 0.29) is 55.6 Å². The molecular formula is C51H59N3O9. The van der Waals surface area contributed by atoms with E-state index in [0.717, 1.165) is 47.6 Å². The van der Waals surface area contributed by atoms with Gasteiger partial charge in [-0.15, -0.1) is 6.58 Å². The number of hydrogen-bond donors (Lipinski definition) is 2. The van der Waals surface area contributed by atoms with Crippen LogP contribution in [0.3, 0.4) is 0 Å². The summed E-state index contributed by atoms with van der Waals surface area (Å²) in [5, 5.41) is 38.2. The maximum Gasteiger partial charge on any atom is 0.269 e. The highest BCUT2D eigenvalue weighted by molar-refractivity contribution is 6.03. The molecule has 0 radical (unpaired) electrons. The zero-order valence-electron chi connectivity index (χ0n) is 36.7. The number of non-ortho nitro benzene ring substituents is 1. The molecule has 4 aromatic carbocycles. The van der Waals surface area contributed by atoms with E-state index >= 15 is 0 Å². The summed E-state index contributed by atoms with van der Waals surface area (Å²) >= 11 is 0. The number of ether oxygens (including phenoxy) is 3. The number of amides is 1. The predicted molar refractivity (Wildman–Crippen MR) is 245 cm³/mol. The highest BCUT2D eigenvalue weighted by Crippen LogP contribution is 2.62. The van der Waals surface area contributed by atoms with Crippen molar-refractivity contribution in [3.8, 4) is 17.2 Å². The van der Waals surface area contributed by atoms with E-state index in [4.69, 9.17) is 24.2 Å². The van der Waals surface area contributed by atoms with Crippen molar-refractivity contribution in [2.75, 3.05) is 26.9 Å². The zero-order chi connectivity index (χ0) is 44.7. The number of aliphatic hydroxyl groups is 2. The SMILES string of the molecule is C=CCO[C@@]12Oc3ccc(Oc4ccc5ccccc5c4)cc3[C@H]3[C@H](CCCCO)[C@@H](CCCCO)C=C(C(=NOC(C)(C)C)C[C@@H]1N(C)C(=O)C=Cc1ccc([N+](=O)[O-])cc1)[C@H]32. The number of unbranched alkanes of at least 4 members (excludes halogenated alkanes) is 2. The van der Waals surface area contributed by atoms with Crippen molar-refractivity contribution >= 4 is 34.2 Å². The number of oxime groups is 1. The first kappa shape index (κ1) is 45.2. The number of aliphatic hydroxyl groups excluding tert-OH is 2.